The predicted octanol–water partition coefficient (Wildman–Crippen LogP) is 0.821. The second kappa shape index (κ2) is 5.90. The molecule has 1 aromatic carbocycles. The molecule has 5 nitrogen and oxygen atoms in total. The summed E-state index contributed by atoms with van der Waals surface area (Å²) in [5.41, 5.74) is 2.39. The van der Waals surface area contributed by atoms with Gasteiger partial charge in [0.1, 0.15) is 5.75 Å². The molecule has 0 aliphatic carbocycles. The number of ether oxygens (including phenoxy) is 1. The van der Waals surface area contributed by atoms with Gasteiger partial charge in [-0.2, -0.15) is 0 Å². The van der Waals surface area contributed by atoms with Crippen LogP contribution in [0.4, 0.5) is 0 Å². The van der Waals surface area contributed by atoms with Crippen molar-refractivity contribution in [1.82, 2.24) is 10.0 Å². The van der Waals surface area contributed by atoms with E-state index in [1.54, 1.807) is 0 Å². The van der Waals surface area contributed by atoms with Gasteiger partial charge in [0.05, 0.1) is 12.4 Å². The van der Waals surface area contributed by atoms with Gasteiger partial charge in [-0.3, -0.25) is 0 Å². The van der Waals surface area contributed by atoms with Crippen molar-refractivity contribution in [3.05, 3.63) is 29.3 Å². The van der Waals surface area contributed by atoms with Gasteiger partial charge in [0.25, 0.3) is 0 Å². The summed E-state index contributed by atoms with van der Waals surface area (Å²) in [5.74, 6) is 1.05. The first-order valence-corrected chi connectivity index (χ1v) is 8.07. The lowest BCUT2D eigenvalue weighted by Crippen LogP contribution is -2.30. The third kappa shape index (κ3) is 3.68. The van der Waals surface area contributed by atoms with Crippen molar-refractivity contribution in [1.29, 1.82) is 0 Å². The van der Waals surface area contributed by atoms with Crippen LogP contribution in [0.15, 0.2) is 18.2 Å². The number of benzene rings is 1. The molecule has 0 aromatic heterocycles. The fourth-order valence-electron chi connectivity index (χ4n) is 2.11. The fraction of sp³-hybridized carbons (Fsp3) is 0.538. The second-order valence-corrected chi connectivity index (χ2v) is 6.71. The molecule has 106 valence electrons. The van der Waals surface area contributed by atoms with Crippen molar-refractivity contribution in [2.75, 3.05) is 26.0 Å². The molecule has 0 saturated heterocycles. The number of nitrogens with one attached hydrogen (secondary N) is 2. The molecule has 0 saturated carbocycles. The lowest BCUT2D eigenvalue weighted by molar-refractivity contribution is 0.356. The predicted molar refractivity (Wildman–Crippen MR) is 74.9 cm³/mol. The van der Waals surface area contributed by atoms with Crippen LogP contribution < -0.4 is 14.8 Å². The maximum Gasteiger partial charge on any atom is 0.212 e. The minimum atomic E-state index is -3.14. The van der Waals surface area contributed by atoms with Gasteiger partial charge in [-0.25, -0.2) is 13.1 Å². The Kier molecular flexibility index (Phi) is 4.44. The Morgan fingerprint density at radius 3 is 2.95 bits per heavy atom. The standard InChI is InChI=1S/C13H20N2O3S/c1-10(15-6-8-19(16,17)14-2)11-3-4-13-12(9-11)5-7-18-13/h3-4,9-10,14-15H,5-8H2,1-2H3. The highest BCUT2D eigenvalue weighted by Gasteiger charge is 2.15. The smallest absolute Gasteiger partial charge is 0.212 e. The van der Waals surface area contributed by atoms with E-state index < -0.39 is 10.0 Å². The number of fused-ring (bicyclic) bond motifs is 1. The largest absolute Gasteiger partial charge is 0.493 e. The van der Waals surface area contributed by atoms with Gasteiger partial charge >= 0.3 is 0 Å². The lowest BCUT2D eigenvalue weighted by Gasteiger charge is -2.15. The molecular formula is C13H20N2O3S. The molecule has 1 aliphatic heterocycles. The third-order valence-corrected chi connectivity index (χ3v) is 4.71. The van der Waals surface area contributed by atoms with E-state index in [4.69, 9.17) is 4.74 Å². The molecule has 2 N–H and O–H groups in total. The van der Waals surface area contributed by atoms with E-state index in [1.165, 1.54) is 12.6 Å². The lowest BCUT2D eigenvalue weighted by atomic mass is 10.0. The average Bonchev–Trinajstić information content (AvgIpc) is 2.85. The highest BCUT2D eigenvalue weighted by Crippen LogP contribution is 2.27. The Morgan fingerprint density at radius 2 is 2.21 bits per heavy atom. The molecule has 1 aromatic rings. The minimum absolute atomic E-state index is 0.0852. The van der Waals surface area contributed by atoms with Crippen LogP contribution in [-0.4, -0.2) is 34.4 Å². The number of rotatable bonds is 6. The summed E-state index contributed by atoms with van der Waals surface area (Å²) in [4.78, 5) is 0. The monoisotopic (exact) mass is 284 g/mol. The van der Waals surface area contributed by atoms with Crippen LogP contribution in [0, 0.1) is 0 Å². The molecule has 0 bridgehead atoms. The summed E-state index contributed by atoms with van der Waals surface area (Å²) < 4.78 is 30.4. The van der Waals surface area contributed by atoms with Crippen LogP contribution in [0.5, 0.6) is 5.75 Å². The van der Waals surface area contributed by atoms with Crippen LogP contribution in [0.3, 0.4) is 0 Å². The quantitative estimate of drug-likeness (QED) is 0.811. The zero-order valence-electron chi connectivity index (χ0n) is 11.3. The van der Waals surface area contributed by atoms with E-state index in [1.807, 2.05) is 19.1 Å². The van der Waals surface area contributed by atoms with E-state index in [-0.39, 0.29) is 11.8 Å². The Balaban J connectivity index is 1.91. The molecule has 2 rings (SSSR count). The number of hydrogen-bond donors (Lipinski definition) is 2. The molecule has 1 atom stereocenters. The third-order valence-electron chi connectivity index (χ3n) is 3.35. The van der Waals surface area contributed by atoms with Gasteiger partial charge < -0.3 is 10.1 Å². The highest BCUT2D eigenvalue weighted by atomic mass is 32.2. The van der Waals surface area contributed by atoms with E-state index in [9.17, 15) is 8.42 Å². The summed E-state index contributed by atoms with van der Waals surface area (Å²) in [5, 5.41) is 3.22. The molecule has 0 radical (unpaired) electrons. The zero-order chi connectivity index (χ0) is 13.9. The van der Waals surface area contributed by atoms with Gasteiger partial charge in [-0.15, -0.1) is 0 Å². The normalized spacial score (nSPS) is 15.9. The second-order valence-electron chi connectivity index (χ2n) is 4.66. The van der Waals surface area contributed by atoms with Crippen molar-refractivity contribution in [2.24, 2.45) is 0 Å². The van der Waals surface area contributed by atoms with Crippen molar-refractivity contribution < 1.29 is 13.2 Å². The molecule has 0 fully saturated rings. The maximum absolute atomic E-state index is 11.3. The first kappa shape index (κ1) is 14.3. The van der Waals surface area contributed by atoms with Gasteiger partial charge in [-0.05, 0) is 31.2 Å². The molecular weight excluding hydrogens is 264 g/mol. The first-order chi connectivity index (χ1) is 9.02. The Hall–Kier alpha value is -1.11. The summed E-state index contributed by atoms with van der Waals surface area (Å²) in [6.45, 7) is 3.21. The highest BCUT2D eigenvalue weighted by molar-refractivity contribution is 7.89. The van der Waals surface area contributed by atoms with E-state index in [2.05, 4.69) is 16.1 Å². The Labute approximate surface area is 114 Å². The van der Waals surface area contributed by atoms with Gasteiger partial charge in [-0.1, -0.05) is 12.1 Å². The molecule has 0 amide bonds. The summed E-state index contributed by atoms with van der Waals surface area (Å²) in [6, 6.07) is 6.26. The summed E-state index contributed by atoms with van der Waals surface area (Å²) in [6.07, 6.45) is 0.948. The minimum Gasteiger partial charge on any atom is -0.493 e. The fourth-order valence-corrected chi connectivity index (χ4v) is 2.70. The first-order valence-electron chi connectivity index (χ1n) is 6.42. The van der Waals surface area contributed by atoms with Crippen LogP contribution in [-0.2, 0) is 16.4 Å². The van der Waals surface area contributed by atoms with Crippen molar-refractivity contribution in [3.8, 4) is 5.75 Å². The van der Waals surface area contributed by atoms with Crippen molar-refractivity contribution >= 4 is 10.0 Å². The van der Waals surface area contributed by atoms with Gasteiger partial charge in [0.15, 0.2) is 0 Å². The van der Waals surface area contributed by atoms with Crippen LogP contribution >= 0.6 is 0 Å². The van der Waals surface area contributed by atoms with Crippen LogP contribution in [0.25, 0.3) is 0 Å². The van der Waals surface area contributed by atoms with Gasteiger partial charge in [0, 0.05) is 19.0 Å². The summed E-state index contributed by atoms with van der Waals surface area (Å²) in [7, 11) is -1.71. The van der Waals surface area contributed by atoms with Crippen molar-refractivity contribution in [3.63, 3.8) is 0 Å². The van der Waals surface area contributed by atoms with Crippen LogP contribution in [0.1, 0.15) is 24.1 Å². The van der Waals surface area contributed by atoms with E-state index in [0.717, 1.165) is 24.3 Å². The molecule has 0 spiro atoms. The number of sulfonamides is 1. The Bertz CT molecular complexity index is 543. The Morgan fingerprint density at radius 1 is 1.42 bits per heavy atom. The SMILES string of the molecule is CNS(=O)(=O)CCNC(C)c1ccc2c(c1)CCO2. The van der Waals surface area contributed by atoms with Gasteiger partial charge in [0.2, 0.25) is 10.0 Å². The number of hydrogen-bond acceptors (Lipinski definition) is 4. The maximum atomic E-state index is 11.3. The van der Waals surface area contributed by atoms with E-state index >= 15 is 0 Å². The average molecular weight is 284 g/mol. The topological polar surface area (TPSA) is 67.4 Å². The molecule has 19 heavy (non-hydrogen) atoms. The van der Waals surface area contributed by atoms with E-state index in [0.29, 0.717) is 6.54 Å². The molecule has 1 aliphatic rings. The van der Waals surface area contributed by atoms with Crippen molar-refractivity contribution in [2.45, 2.75) is 19.4 Å². The van der Waals surface area contributed by atoms with Crippen LogP contribution in [0.2, 0.25) is 0 Å². The zero-order valence-corrected chi connectivity index (χ0v) is 12.1. The molecule has 1 unspecified atom stereocenters. The summed E-state index contributed by atoms with van der Waals surface area (Å²) >= 11 is 0. The molecule has 6 heteroatoms. The molecule has 1 heterocycles.